The fourth-order valence-electron chi connectivity index (χ4n) is 4.04. The van der Waals surface area contributed by atoms with E-state index in [9.17, 15) is 5.11 Å². The first-order valence-corrected chi connectivity index (χ1v) is 9.36. The van der Waals surface area contributed by atoms with Gasteiger partial charge in [0.15, 0.2) is 11.5 Å². The van der Waals surface area contributed by atoms with Gasteiger partial charge in [-0.25, -0.2) is 0 Å². The van der Waals surface area contributed by atoms with Crippen molar-refractivity contribution in [1.29, 1.82) is 0 Å². The number of β-amino-alcohol motifs (C(OH)–C–C–N with tert-alkyl or cyclic N) is 1. The third kappa shape index (κ3) is 4.46. The standard InChI is InChI=1S/C20H31NO4/c1-14-5-4-6-18(14)25-13-17(22)12-21-8-7-15-9-19(23-2)20(24-3)10-16(15)11-21/h9-10,14,17-18,22H,4-8,11-13H2,1-3H3/t14-,17-,18-/m1/s1. The average molecular weight is 349 g/mol. The number of benzene rings is 1. The molecule has 5 nitrogen and oxygen atoms in total. The fourth-order valence-corrected chi connectivity index (χ4v) is 4.04. The molecule has 2 aliphatic rings. The molecule has 0 unspecified atom stereocenters. The Kier molecular flexibility index (Phi) is 6.20. The quantitative estimate of drug-likeness (QED) is 0.820. The lowest BCUT2D eigenvalue weighted by Gasteiger charge is -2.31. The first-order chi connectivity index (χ1) is 12.1. The predicted molar refractivity (Wildman–Crippen MR) is 97.3 cm³/mol. The van der Waals surface area contributed by atoms with Gasteiger partial charge in [-0.15, -0.1) is 0 Å². The van der Waals surface area contributed by atoms with Crippen molar-refractivity contribution in [3.63, 3.8) is 0 Å². The number of fused-ring (bicyclic) bond motifs is 1. The zero-order valence-corrected chi connectivity index (χ0v) is 15.7. The summed E-state index contributed by atoms with van der Waals surface area (Å²) in [5.41, 5.74) is 2.56. The lowest BCUT2D eigenvalue weighted by atomic mass is 9.98. The molecule has 140 valence electrons. The molecule has 0 bridgehead atoms. The van der Waals surface area contributed by atoms with Crippen LogP contribution in [0.25, 0.3) is 0 Å². The number of aliphatic hydroxyl groups is 1. The van der Waals surface area contributed by atoms with Gasteiger partial charge < -0.3 is 19.3 Å². The van der Waals surface area contributed by atoms with Crippen LogP contribution in [-0.4, -0.2) is 56.1 Å². The third-order valence-corrected chi connectivity index (χ3v) is 5.55. The molecule has 1 saturated carbocycles. The molecule has 3 atom stereocenters. The van der Waals surface area contributed by atoms with Crippen molar-refractivity contribution in [2.45, 2.75) is 51.4 Å². The highest BCUT2D eigenvalue weighted by atomic mass is 16.5. The molecule has 1 aromatic rings. The lowest BCUT2D eigenvalue weighted by molar-refractivity contribution is -0.0329. The SMILES string of the molecule is COc1cc2c(cc1OC)CN(C[C@@H](O)CO[C@@H]1CCC[C@H]1C)CC2. The van der Waals surface area contributed by atoms with E-state index in [1.165, 1.54) is 24.0 Å². The van der Waals surface area contributed by atoms with Crippen molar-refractivity contribution < 1.29 is 19.3 Å². The van der Waals surface area contributed by atoms with E-state index in [0.29, 0.717) is 25.2 Å². The van der Waals surface area contributed by atoms with Crippen LogP contribution >= 0.6 is 0 Å². The summed E-state index contributed by atoms with van der Waals surface area (Å²) in [6.45, 7) is 5.10. The van der Waals surface area contributed by atoms with E-state index < -0.39 is 6.10 Å². The monoisotopic (exact) mass is 349 g/mol. The molecule has 0 radical (unpaired) electrons. The van der Waals surface area contributed by atoms with Crippen LogP contribution in [0.1, 0.15) is 37.3 Å². The topological polar surface area (TPSA) is 51.2 Å². The van der Waals surface area contributed by atoms with Crippen molar-refractivity contribution in [3.05, 3.63) is 23.3 Å². The Morgan fingerprint density at radius 2 is 1.88 bits per heavy atom. The minimum atomic E-state index is -0.436. The Hall–Kier alpha value is -1.30. The zero-order valence-electron chi connectivity index (χ0n) is 15.7. The maximum absolute atomic E-state index is 10.4. The Morgan fingerprint density at radius 1 is 1.16 bits per heavy atom. The van der Waals surface area contributed by atoms with Crippen molar-refractivity contribution in [3.8, 4) is 11.5 Å². The van der Waals surface area contributed by atoms with Gasteiger partial charge in [0.25, 0.3) is 0 Å². The molecule has 1 aliphatic heterocycles. The highest BCUT2D eigenvalue weighted by Gasteiger charge is 2.26. The van der Waals surface area contributed by atoms with Gasteiger partial charge >= 0.3 is 0 Å². The van der Waals surface area contributed by atoms with E-state index in [0.717, 1.165) is 37.4 Å². The molecule has 3 rings (SSSR count). The molecule has 1 N–H and O–H groups in total. The van der Waals surface area contributed by atoms with Gasteiger partial charge in [0.2, 0.25) is 0 Å². The minimum Gasteiger partial charge on any atom is -0.493 e. The second-order valence-electron chi connectivity index (χ2n) is 7.39. The van der Waals surface area contributed by atoms with Crippen LogP contribution in [0.3, 0.4) is 0 Å². The van der Waals surface area contributed by atoms with Crippen LogP contribution in [0.2, 0.25) is 0 Å². The van der Waals surface area contributed by atoms with Gasteiger partial charge in [0, 0.05) is 19.6 Å². The van der Waals surface area contributed by atoms with Crippen molar-refractivity contribution in [2.75, 3.05) is 33.9 Å². The largest absolute Gasteiger partial charge is 0.493 e. The number of rotatable bonds is 7. The number of hydrogen-bond acceptors (Lipinski definition) is 5. The van der Waals surface area contributed by atoms with E-state index in [1.54, 1.807) is 14.2 Å². The van der Waals surface area contributed by atoms with Crippen molar-refractivity contribution in [2.24, 2.45) is 5.92 Å². The van der Waals surface area contributed by atoms with Crippen LogP contribution in [-0.2, 0) is 17.7 Å². The summed E-state index contributed by atoms with van der Waals surface area (Å²) in [4.78, 5) is 2.29. The number of hydrogen-bond donors (Lipinski definition) is 1. The molecule has 0 saturated heterocycles. The molecule has 0 spiro atoms. The number of nitrogens with zero attached hydrogens (tertiary/aromatic N) is 1. The Morgan fingerprint density at radius 3 is 2.52 bits per heavy atom. The van der Waals surface area contributed by atoms with Crippen molar-refractivity contribution >= 4 is 0 Å². The van der Waals surface area contributed by atoms with Crippen LogP contribution < -0.4 is 9.47 Å². The third-order valence-electron chi connectivity index (χ3n) is 5.55. The molecular formula is C20H31NO4. The normalized spacial score (nSPS) is 24.8. The smallest absolute Gasteiger partial charge is 0.161 e. The highest BCUT2D eigenvalue weighted by molar-refractivity contribution is 5.48. The first-order valence-electron chi connectivity index (χ1n) is 9.36. The van der Waals surface area contributed by atoms with Gasteiger partial charge in [0.05, 0.1) is 33.0 Å². The van der Waals surface area contributed by atoms with Gasteiger partial charge in [0.1, 0.15) is 0 Å². The van der Waals surface area contributed by atoms with E-state index in [1.807, 2.05) is 0 Å². The molecule has 1 aromatic carbocycles. The Labute approximate surface area is 150 Å². The minimum absolute atomic E-state index is 0.327. The second-order valence-corrected chi connectivity index (χ2v) is 7.39. The number of methoxy groups -OCH3 is 2. The van der Waals surface area contributed by atoms with Gasteiger partial charge in [-0.1, -0.05) is 13.3 Å². The number of aliphatic hydroxyl groups excluding tert-OH is 1. The summed E-state index contributed by atoms with van der Waals surface area (Å²) in [5.74, 6) is 2.17. The van der Waals surface area contributed by atoms with Crippen LogP contribution in [0.4, 0.5) is 0 Å². The summed E-state index contributed by atoms with van der Waals surface area (Å²) in [6, 6.07) is 4.13. The summed E-state index contributed by atoms with van der Waals surface area (Å²) in [5, 5.41) is 10.4. The number of ether oxygens (including phenoxy) is 3. The van der Waals surface area contributed by atoms with Gasteiger partial charge in [-0.05, 0) is 48.4 Å². The molecule has 0 amide bonds. The molecular weight excluding hydrogens is 318 g/mol. The lowest BCUT2D eigenvalue weighted by Crippen LogP contribution is -2.39. The zero-order chi connectivity index (χ0) is 17.8. The van der Waals surface area contributed by atoms with E-state index in [-0.39, 0.29) is 0 Å². The van der Waals surface area contributed by atoms with Crippen molar-refractivity contribution in [1.82, 2.24) is 4.90 Å². The van der Waals surface area contributed by atoms with E-state index in [2.05, 4.69) is 24.0 Å². The molecule has 1 fully saturated rings. The molecule has 5 heteroatoms. The molecule has 1 aliphatic carbocycles. The summed E-state index contributed by atoms with van der Waals surface area (Å²) in [6.07, 6.45) is 4.48. The summed E-state index contributed by atoms with van der Waals surface area (Å²) < 4.78 is 16.7. The summed E-state index contributed by atoms with van der Waals surface area (Å²) in [7, 11) is 3.33. The van der Waals surface area contributed by atoms with Crippen LogP contribution in [0, 0.1) is 5.92 Å². The van der Waals surface area contributed by atoms with E-state index in [4.69, 9.17) is 14.2 Å². The Bertz CT molecular complexity index is 577. The van der Waals surface area contributed by atoms with E-state index >= 15 is 0 Å². The maximum atomic E-state index is 10.4. The first kappa shape index (κ1) is 18.5. The average Bonchev–Trinajstić information content (AvgIpc) is 3.03. The molecule has 0 aromatic heterocycles. The summed E-state index contributed by atoms with van der Waals surface area (Å²) >= 11 is 0. The van der Waals surface area contributed by atoms with Gasteiger partial charge in [-0.2, -0.15) is 0 Å². The molecule has 25 heavy (non-hydrogen) atoms. The predicted octanol–water partition coefficient (Wildman–Crippen LogP) is 2.63. The maximum Gasteiger partial charge on any atom is 0.161 e. The Balaban J connectivity index is 1.53. The van der Waals surface area contributed by atoms with Crippen LogP contribution in [0.5, 0.6) is 11.5 Å². The fraction of sp³-hybridized carbons (Fsp3) is 0.700. The highest BCUT2D eigenvalue weighted by Crippen LogP contribution is 2.33. The second kappa shape index (κ2) is 8.39. The van der Waals surface area contributed by atoms with Crippen LogP contribution in [0.15, 0.2) is 12.1 Å². The molecule has 1 heterocycles. The van der Waals surface area contributed by atoms with Gasteiger partial charge in [-0.3, -0.25) is 4.90 Å².